The van der Waals surface area contributed by atoms with Gasteiger partial charge < -0.3 is 23.8 Å². The second kappa shape index (κ2) is 11.7. The number of rotatable bonds is 8. The van der Waals surface area contributed by atoms with E-state index in [9.17, 15) is 9.59 Å². The van der Waals surface area contributed by atoms with Gasteiger partial charge in [0, 0.05) is 18.0 Å². The van der Waals surface area contributed by atoms with Gasteiger partial charge in [0.1, 0.15) is 18.5 Å². The molecule has 1 heterocycles. The lowest BCUT2D eigenvalue weighted by Crippen LogP contribution is -2.62. The summed E-state index contributed by atoms with van der Waals surface area (Å²) in [4.78, 5) is 27.1. The van der Waals surface area contributed by atoms with Gasteiger partial charge in [0.05, 0.1) is 0 Å². The first-order valence-electron chi connectivity index (χ1n) is 14.1. The first-order valence-corrected chi connectivity index (χ1v) is 14.1. The molecule has 7 heteroatoms. The molecule has 204 valence electrons. The van der Waals surface area contributed by atoms with Crippen molar-refractivity contribution in [2.45, 2.75) is 89.4 Å². The Morgan fingerprint density at radius 1 is 1.08 bits per heavy atom. The molecule has 1 unspecified atom stereocenters. The van der Waals surface area contributed by atoms with Crippen LogP contribution in [0.3, 0.4) is 0 Å². The monoisotopic (exact) mass is 521 g/mol. The van der Waals surface area contributed by atoms with Crippen molar-refractivity contribution in [3.05, 3.63) is 65.2 Å². The van der Waals surface area contributed by atoms with E-state index >= 15 is 0 Å². The van der Waals surface area contributed by atoms with Crippen LogP contribution >= 0.6 is 0 Å². The van der Waals surface area contributed by atoms with Gasteiger partial charge >= 0.3 is 12.2 Å². The van der Waals surface area contributed by atoms with Gasteiger partial charge in [0.2, 0.25) is 6.79 Å². The number of carbonyl (C=O) groups excluding carboxylic acids is 2. The van der Waals surface area contributed by atoms with Crippen molar-refractivity contribution in [3.8, 4) is 5.75 Å². The smallest absolute Gasteiger partial charge is 0.457 e. The first kappa shape index (κ1) is 26.4. The molecule has 38 heavy (non-hydrogen) atoms. The van der Waals surface area contributed by atoms with Crippen molar-refractivity contribution in [2.75, 3.05) is 13.3 Å². The maximum Gasteiger partial charge on any atom is 0.511 e. The Kier molecular flexibility index (Phi) is 8.10. The van der Waals surface area contributed by atoms with Crippen LogP contribution in [0.2, 0.25) is 0 Å². The molecule has 0 N–H and O–H groups in total. The molecule has 0 aromatic heterocycles. The molecule has 3 aliphatic rings. The summed E-state index contributed by atoms with van der Waals surface area (Å²) < 4.78 is 22.0. The Hall–Kier alpha value is -3.22. The molecular formula is C31H39NO6. The van der Waals surface area contributed by atoms with Crippen LogP contribution in [0.1, 0.15) is 75.5 Å². The summed E-state index contributed by atoms with van der Waals surface area (Å²) in [6.07, 6.45) is 7.01. The fourth-order valence-corrected chi connectivity index (χ4v) is 6.91. The highest BCUT2D eigenvalue weighted by Crippen LogP contribution is 2.56. The summed E-state index contributed by atoms with van der Waals surface area (Å²) in [7, 11) is 0. The normalized spacial score (nSPS) is 24.4. The number of hydrogen-bond donors (Lipinski definition) is 0. The van der Waals surface area contributed by atoms with Crippen molar-refractivity contribution in [3.63, 3.8) is 0 Å². The number of amides is 1. The molecule has 1 aliphatic heterocycles. The molecule has 5 rings (SSSR count). The highest BCUT2D eigenvalue weighted by molar-refractivity contribution is 5.69. The van der Waals surface area contributed by atoms with Gasteiger partial charge in [0.25, 0.3) is 0 Å². The minimum atomic E-state index is -0.704. The molecular weight excluding hydrogens is 482 g/mol. The molecule has 0 radical (unpaired) electrons. The van der Waals surface area contributed by atoms with Gasteiger partial charge in [-0.15, -0.1) is 0 Å². The molecule has 2 aromatic carbocycles. The highest BCUT2D eigenvalue weighted by atomic mass is 16.8. The number of hydrogen-bond acceptors (Lipinski definition) is 6. The van der Waals surface area contributed by atoms with Crippen molar-refractivity contribution in [2.24, 2.45) is 5.92 Å². The van der Waals surface area contributed by atoms with E-state index in [1.54, 1.807) is 0 Å². The van der Waals surface area contributed by atoms with Gasteiger partial charge in [-0.25, -0.2) is 9.59 Å². The zero-order valence-electron chi connectivity index (χ0n) is 22.5. The third-order valence-electron chi connectivity index (χ3n) is 8.64. The van der Waals surface area contributed by atoms with Crippen LogP contribution in [0.25, 0.3) is 0 Å². The Balaban J connectivity index is 1.27. The molecule has 1 saturated heterocycles. The lowest BCUT2D eigenvalue weighted by molar-refractivity contribution is -0.0167. The summed E-state index contributed by atoms with van der Waals surface area (Å²) >= 11 is 0. The predicted molar refractivity (Wildman–Crippen MR) is 143 cm³/mol. The number of carbonyl (C=O) groups is 2. The van der Waals surface area contributed by atoms with Crippen LogP contribution in [-0.4, -0.2) is 42.6 Å². The van der Waals surface area contributed by atoms with Gasteiger partial charge in [-0.05, 0) is 73.8 Å². The topological polar surface area (TPSA) is 74.3 Å². The summed E-state index contributed by atoms with van der Waals surface area (Å²) in [6, 6.07) is 16.2. The van der Waals surface area contributed by atoms with Crippen molar-refractivity contribution < 1.29 is 28.5 Å². The van der Waals surface area contributed by atoms with Crippen LogP contribution < -0.4 is 4.74 Å². The maximum atomic E-state index is 13.2. The van der Waals surface area contributed by atoms with E-state index in [4.69, 9.17) is 18.9 Å². The van der Waals surface area contributed by atoms with Gasteiger partial charge in [0.15, 0.2) is 0 Å². The fourth-order valence-electron chi connectivity index (χ4n) is 6.91. The minimum Gasteiger partial charge on any atom is -0.457 e. The largest absolute Gasteiger partial charge is 0.511 e. The standard InChI is InChI=1S/C31H39NO6/c1-3-9-22(2)38-30(34)37-21-36-25-14-13-24-18-28-26-12-7-8-15-31(26,27(24)19-25)16-17-32(28)29(33)35-20-23-10-5-4-6-11-23/h4-6,10-11,13-14,19,22,26,28H,3,7-9,12,15-18,20-21H2,1-2H3/t22?,26-,28+,31+/m0/s1. The molecule has 2 aliphatic carbocycles. The SMILES string of the molecule is CCCC(C)OC(=O)OCOc1ccc2c(c1)[C@@]13CCCC[C@H]1[C@@H](C2)N(C(=O)OCc1ccccc1)CC3. The average Bonchev–Trinajstić information content (AvgIpc) is 2.92. The summed E-state index contributed by atoms with van der Waals surface area (Å²) in [5, 5.41) is 0. The van der Waals surface area contributed by atoms with Crippen LogP contribution in [-0.2, 0) is 32.7 Å². The predicted octanol–water partition coefficient (Wildman–Crippen LogP) is 6.76. The molecule has 1 amide bonds. The average molecular weight is 522 g/mol. The summed E-state index contributed by atoms with van der Waals surface area (Å²) in [6.45, 7) is 4.71. The van der Waals surface area contributed by atoms with Crippen molar-refractivity contribution in [1.82, 2.24) is 4.90 Å². The van der Waals surface area contributed by atoms with E-state index in [0.717, 1.165) is 44.1 Å². The van der Waals surface area contributed by atoms with Crippen molar-refractivity contribution >= 4 is 12.2 Å². The van der Waals surface area contributed by atoms with Crippen LogP contribution in [0, 0.1) is 5.92 Å². The second-order valence-corrected chi connectivity index (χ2v) is 11.0. The first-order chi connectivity index (χ1) is 18.5. The number of ether oxygens (including phenoxy) is 4. The molecule has 2 aromatic rings. The Labute approximate surface area is 225 Å². The van der Waals surface area contributed by atoms with Crippen LogP contribution in [0.15, 0.2) is 48.5 Å². The lowest BCUT2D eigenvalue weighted by atomic mass is 9.52. The van der Waals surface area contributed by atoms with Gasteiger partial charge in [-0.1, -0.05) is 62.6 Å². The number of fused-ring (bicyclic) bond motifs is 1. The van der Waals surface area contributed by atoms with Crippen molar-refractivity contribution in [1.29, 1.82) is 0 Å². The minimum absolute atomic E-state index is 0.0431. The highest BCUT2D eigenvalue weighted by Gasteiger charge is 2.55. The van der Waals surface area contributed by atoms with E-state index in [1.807, 2.05) is 55.1 Å². The van der Waals surface area contributed by atoms with Crippen LogP contribution in [0.4, 0.5) is 9.59 Å². The quantitative estimate of drug-likeness (QED) is 0.282. The number of piperidine rings is 1. The zero-order chi connectivity index (χ0) is 26.5. The number of likely N-dealkylation sites (tertiary alicyclic amines) is 1. The fraction of sp³-hybridized carbons (Fsp3) is 0.548. The van der Waals surface area contributed by atoms with E-state index in [-0.39, 0.29) is 30.4 Å². The van der Waals surface area contributed by atoms with E-state index in [0.29, 0.717) is 24.8 Å². The Morgan fingerprint density at radius 2 is 1.92 bits per heavy atom. The van der Waals surface area contributed by atoms with Gasteiger partial charge in [-0.3, -0.25) is 0 Å². The second-order valence-electron chi connectivity index (χ2n) is 11.0. The lowest BCUT2D eigenvalue weighted by Gasteiger charge is -2.58. The number of benzene rings is 2. The van der Waals surface area contributed by atoms with E-state index < -0.39 is 6.16 Å². The Bertz CT molecular complexity index is 1120. The third kappa shape index (κ3) is 5.47. The molecule has 1 saturated carbocycles. The summed E-state index contributed by atoms with van der Waals surface area (Å²) in [5.74, 6) is 1.10. The molecule has 2 bridgehead atoms. The molecule has 7 nitrogen and oxygen atoms in total. The van der Waals surface area contributed by atoms with Gasteiger partial charge in [-0.2, -0.15) is 0 Å². The molecule has 4 atom stereocenters. The molecule has 0 spiro atoms. The van der Waals surface area contributed by atoms with Crippen LogP contribution in [0.5, 0.6) is 5.75 Å². The Morgan fingerprint density at radius 3 is 2.74 bits per heavy atom. The van der Waals surface area contributed by atoms with E-state index in [2.05, 4.69) is 12.1 Å². The third-order valence-corrected chi connectivity index (χ3v) is 8.64. The maximum absolute atomic E-state index is 13.2. The molecule has 2 fully saturated rings. The number of nitrogens with zero attached hydrogens (tertiary/aromatic N) is 1. The summed E-state index contributed by atoms with van der Waals surface area (Å²) in [5.41, 5.74) is 3.66. The zero-order valence-corrected chi connectivity index (χ0v) is 22.5. The van der Waals surface area contributed by atoms with E-state index in [1.165, 1.54) is 24.0 Å².